The molecule has 196 valence electrons. The van der Waals surface area contributed by atoms with Crippen LogP contribution in [0.15, 0.2) is 77.8 Å². The fourth-order valence-electron chi connectivity index (χ4n) is 3.66. The summed E-state index contributed by atoms with van der Waals surface area (Å²) in [5.74, 6) is -0.265. The number of methoxy groups -OCH3 is 1. The summed E-state index contributed by atoms with van der Waals surface area (Å²) in [6.45, 7) is 2.31. The highest BCUT2D eigenvalue weighted by Crippen LogP contribution is 2.31. The summed E-state index contributed by atoms with van der Waals surface area (Å²) in [7, 11) is 1.59. The van der Waals surface area contributed by atoms with E-state index in [1.807, 2.05) is 24.3 Å². The average molecular weight is 552 g/mol. The van der Waals surface area contributed by atoms with Crippen molar-refractivity contribution in [2.75, 3.05) is 19.0 Å². The maximum Gasteiger partial charge on any atom is 0.338 e. The lowest BCUT2D eigenvalue weighted by molar-refractivity contribution is -0.129. The predicted octanol–water partition coefficient (Wildman–Crippen LogP) is 5.69. The highest BCUT2D eigenvalue weighted by Gasteiger charge is 2.36. The number of ether oxygens (including phenoxy) is 2. The Morgan fingerprint density at radius 3 is 2.37 bits per heavy atom. The lowest BCUT2D eigenvalue weighted by Gasteiger charge is -2.32. The van der Waals surface area contributed by atoms with Crippen molar-refractivity contribution in [1.82, 2.24) is 4.90 Å². The van der Waals surface area contributed by atoms with Crippen LogP contribution in [0.1, 0.15) is 29.3 Å². The number of amidine groups is 1. The quantitative estimate of drug-likeness (QED) is 0.361. The van der Waals surface area contributed by atoms with E-state index in [2.05, 4.69) is 10.3 Å². The third kappa shape index (κ3) is 6.93. The molecule has 10 heteroatoms. The van der Waals surface area contributed by atoms with Crippen LogP contribution in [0.3, 0.4) is 0 Å². The van der Waals surface area contributed by atoms with Crippen molar-refractivity contribution in [2.45, 2.75) is 25.1 Å². The monoisotopic (exact) mass is 551 g/mol. The second kappa shape index (κ2) is 12.6. The largest absolute Gasteiger partial charge is 0.497 e. The molecule has 0 unspecified atom stereocenters. The molecule has 1 aliphatic rings. The normalized spacial score (nSPS) is 16.3. The molecule has 38 heavy (non-hydrogen) atoms. The molecule has 1 N–H and O–H groups in total. The van der Waals surface area contributed by atoms with E-state index in [1.54, 1.807) is 67.5 Å². The zero-order valence-electron chi connectivity index (χ0n) is 20.8. The van der Waals surface area contributed by atoms with E-state index in [0.717, 1.165) is 11.3 Å². The van der Waals surface area contributed by atoms with Gasteiger partial charge < -0.3 is 14.8 Å². The molecule has 1 atom stereocenters. The van der Waals surface area contributed by atoms with Crippen molar-refractivity contribution in [3.05, 3.63) is 88.9 Å². The molecular weight excluding hydrogens is 526 g/mol. The van der Waals surface area contributed by atoms with E-state index in [4.69, 9.17) is 21.1 Å². The first-order valence-corrected chi connectivity index (χ1v) is 13.1. The van der Waals surface area contributed by atoms with Crippen molar-refractivity contribution in [1.29, 1.82) is 0 Å². The first-order valence-electron chi connectivity index (χ1n) is 11.9. The Bertz CT molecular complexity index is 1330. The number of anilines is 1. The Hall–Kier alpha value is -3.82. The van der Waals surface area contributed by atoms with Crippen molar-refractivity contribution in [3.8, 4) is 5.75 Å². The lowest BCUT2D eigenvalue weighted by Crippen LogP contribution is -2.44. The fraction of sp³-hybridized carbons (Fsp3) is 0.214. The molecule has 1 heterocycles. The maximum atomic E-state index is 13.3. The van der Waals surface area contributed by atoms with Crippen LogP contribution in [0.5, 0.6) is 5.75 Å². The van der Waals surface area contributed by atoms with E-state index in [0.29, 0.717) is 33.7 Å². The van der Waals surface area contributed by atoms with Crippen LogP contribution in [0.2, 0.25) is 5.02 Å². The van der Waals surface area contributed by atoms with Gasteiger partial charge in [0.05, 0.1) is 31.5 Å². The van der Waals surface area contributed by atoms with Crippen molar-refractivity contribution >= 4 is 57.7 Å². The molecule has 1 fully saturated rings. The standard InChI is InChI=1S/C28H26ClN3O5S/c1-3-37-27(35)19-6-10-21(11-7-19)30-26(34)24-16-25(33)32(17-18-4-14-23(36-2)15-5-18)28(38-24)31-22-12-8-20(29)9-13-22/h4-15,24H,3,16-17H2,1-2H3,(H,30,34)/t24-/m1/s1. The van der Waals surface area contributed by atoms with Crippen LogP contribution in [0.4, 0.5) is 11.4 Å². The summed E-state index contributed by atoms with van der Waals surface area (Å²) >= 11 is 7.24. The first-order chi connectivity index (χ1) is 18.4. The van der Waals surface area contributed by atoms with Gasteiger partial charge in [0.15, 0.2) is 5.17 Å². The summed E-state index contributed by atoms with van der Waals surface area (Å²) in [5.41, 5.74) is 2.40. The van der Waals surface area contributed by atoms with Gasteiger partial charge in [-0.05, 0) is 73.2 Å². The van der Waals surface area contributed by atoms with E-state index in [-0.39, 0.29) is 24.8 Å². The number of aliphatic imine (C=N–C) groups is 1. The molecule has 0 radical (unpaired) electrons. The molecule has 1 saturated heterocycles. The van der Waals surface area contributed by atoms with Gasteiger partial charge in [-0.3, -0.25) is 14.5 Å². The molecule has 0 spiro atoms. The van der Waals surface area contributed by atoms with Gasteiger partial charge in [0, 0.05) is 17.1 Å². The van der Waals surface area contributed by atoms with Gasteiger partial charge >= 0.3 is 5.97 Å². The number of carbonyl (C=O) groups is 3. The number of carbonyl (C=O) groups excluding carboxylic acids is 3. The number of halogens is 1. The number of rotatable bonds is 8. The number of thioether (sulfide) groups is 1. The molecule has 0 bridgehead atoms. The lowest BCUT2D eigenvalue weighted by atomic mass is 10.1. The molecule has 4 rings (SSSR count). The minimum atomic E-state index is -0.689. The molecule has 2 amide bonds. The topological polar surface area (TPSA) is 97.3 Å². The third-order valence-electron chi connectivity index (χ3n) is 5.65. The second-order valence-electron chi connectivity index (χ2n) is 8.30. The zero-order chi connectivity index (χ0) is 27.1. The number of nitrogens with zero attached hydrogens (tertiary/aromatic N) is 2. The van der Waals surface area contributed by atoms with Crippen molar-refractivity contribution in [2.24, 2.45) is 4.99 Å². The second-order valence-corrected chi connectivity index (χ2v) is 9.90. The van der Waals surface area contributed by atoms with Crippen LogP contribution in [0, 0.1) is 0 Å². The Kier molecular flexibility index (Phi) is 9.04. The summed E-state index contributed by atoms with van der Waals surface area (Å²) in [5, 5.41) is 3.13. The van der Waals surface area contributed by atoms with Crippen LogP contribution < -0.4 is 10.1 Å². The molecular formula is C28H26ClN3O5S. The van der Waals surface area contributed by atoms with Crippen molar-refractivity contribution in [3.63, 3.8) is 0 Å². The molecule has 0 saturated carbocycles. The van der Waals surface area contributed by atoms with Gasteiger partial charge in [-0.15, -0.1) is 0 Å². The molecule has 3 aromatic carbocycles. The number of hydrogen-bond acceptors (Lipinski definition) is 7. The van der Waals surface area contributed by atoms with E-state index in [9.17, 15) is 14.4 Å². The molecule has 0 aliphatic carbocycles. The van der Waals surface area contributed by atoms with Gasteiger partial charge in [-0.1, -0.05) is 35.5 Å². The van der Waals surface area contributed by atoms with Crippen molar-refractivity contribution < 1.29 is 23.9 Å². The number of amides is 2. The van der Waals surface area contributed by atoms with E-state index in [1.165, 1.54) is 11.8 Å². The zero-order valence-corrected chi connectivity index (χ0v) is 22.4. The predicted molar refractivity (Wildman–Crippen MR) is 149 cm³/mol. The summed E-state index contributed by atoms with van der Waals surface area (Å²) in [6.07, 6.45) is 0.00714. The average Bonchev–Trinajstić information content (AvgIpc) is 2.92. The van der Waals surface area contributed by atoms with Gasteiger partial charge in [0.25, 0.3) is 0 Å². The number of benzene rings is 3. The Morgan fingerprint density at radius 2 is 1.74 bits per heavy atom. The van der Waals surface area contributed by atoms with Crippen LogP contribution in [0.25, 0.3) is 0 Å². The number of esters is 1. The Balaban J connectivity index is 1.53. The minimum Gasteiger partial charge on any atom is -0.497 e. The first kappa shape index (κ1) is 27.2. The highest BCUT2D eigenvalue weighted by molar-refractivity contribution is 8.15. The molecule has 0 aromatic heterocycles. The van der Waals surface area contributed by atoms with Gasteiger partial charge in [-0.25, -0.2) is 9.79 Å². The SMILES string of the molecule is CCOC(=O)c1ccc(NC(=O)[C@H]2CC(=O)N(Cc3ccc(OC)cc3)C(=Nc3ccc(Cl)cc3)S2)cc1. The number of hydrogen-bond donors (Lipinski definition) is 1. The smallest absolute Gasteiger partial charge is 0.338 e. The summed E-state index contributed by atoms with van der Waals surface area (Å²) < 4.78 is 10.2. The van der Waals surface area contributed by atoms with Crippen LogP contribution in [-0.2, 0) is 20.9 Å². The summed E-state index contributed by atoms with van der Waals surface area (Å²) in [4.78, 5) is 44.6. The van der Waals surface area contributed by atoms with Gasteiger partial charge in [0.2, 0.25) is 11.8 Å². The highest BCUT2D eigenvalue weighted by atomic mass is 35.5. The molecule has 3 aromatic rings. The third-order valence-corrected chi connectivity index (χ3v) is 7.09. The minimum absolute atomic E-state index is 0.00714. The Morgan fingerprint density at radius 1 is 1.05 bits per heavy atom. The summed E-state index contributed by atoms with van der Waals surface area (Å²) in [6, 6.07) is 20.8. The van der Waals surface area contributed by atoms with Gasteiger partial charge in [0.1, 0.15) is 11.0 Å². The number of nitrogens with one attached hydrogen (secondary N) is 1. The maximum absolute atomic E-state index is 13.3. The van der Waals surface area contributed by atoms with Gasteiger partial charge in [-0.2, -0.15) is 0 Å². The molecule has 8 nitrogen and oxygen atoms in total. The van der Waals surface area contributed by atoms with Crippen LogP contribution >= 0.6 is 23.4 Å². The fourth-order valence-corrected chi connectivity index (χ4v) is 4.89. The Labute approximate surface area is 230 Å². The van der Waals surface area contributed by atoms with E-state index >= 15 is 0 Å². The molecule has 1 aliphatic heterocycles. The van der Waals surface area contributed by atoms with E-state index < -0.39 is 11.2 Å². The van der Waals surface area contributed by atoms with Crippen LogP contribution in [-0.4, -0.2) is 46.8 Å².